The summed E-state index contributed by atoms with van der Waals surface area (Å²) in [6.07, 6.45) is 5.00. The van der Waals surface area contributed by atoms with Gasteiger partial charge in [0.2, 0.25) is 11.9 Å². The molecule has 6 rings (SSSR count). The third kappa shape index (κ3) is 5.85. The maximum Gasteiger partial charge on any atom is 0.254 e. The van der Waals surface area contributed by atoms with Gasteiger partial charge in [0.1, 0.15) is 6.54 Å². The van der Waals surface area contributed by atoms with Crippen molar-refractivity contribution in [3.8, 4) is 11.3 Å². The molecule has 0 radical (unpaired) electrons. The summed E-state index contributed by atoms with van der Waals surface area (Å²) in [5.41, 5.74) is 4.05. The minimum absolute atomic E-state index is 0.140. The summed E-state index contributed by atoms with van der Waals surface area (Å²) in [5.74, 6) is -0.144. The Morgan fingerprint density at radius 1 is 1.15 bits per heavy atom. The average molecular weight is 573 g/mol. The number of aromatic nitrogens is 3. The van der Waals surface area contributed by atoms with Gasteiger partial charge in [0.25, 0.3) is 5.91 Å². The molecule has 2 aliphatic rings. The average Bonchev–Trinajstić information content (AvgIpc) is 3.31. The molecule has 2 amide bonds. The smallest absolute Gasteiger partial charge is 0.254 e. The van der Waals surface area contributed by atoms with Crippen molar-refractivity contribution in [2.24, 2.45) is 0 Å². The first-order valence-corrected chi connectivity index (χ1v) is 13.9. The molecule has 4 heterocycles. The first kappa shape index (κ1) is 27.1. The number of hydrogen-bond acceptors (Lipinski definition) is 8. The van der Waals surface area contributed by atoms with Gasteiger partial charge in [-0.2, -0.15) is 0 Å². The van der Waals surface area contributed by atoms with Crippen molar-refractivity contribution >= 4 is 40.3 Å². The first-order valence-electron chi connectivity index (χ1n) is 13.5. The molecule has 1 saturated heterocycles. The largest absolute Gasteiger partial charge is 0.394 e. The lowest BCUT2D eigenvalue weighted by atomic mass is 10.0. The number of hydrogen-bond donors (Lipinski definition) is 3. The van der Waals surface area contributed by atoms with Crippen LogP contribution in [0.25, 0.3) is 22.2 Å². The van der Waals surface area contributed by atoms with Crippen molar-refractivity contribution in [3.05, 3.63) is 82.6 Å². The number of anilines is 1. The Morgan fingerprint density at radius 2 is 2.00 bits per heavy atom. The zero-order valence-corrected chi connectivity index (χ0v) is 23.0. The zero-order valence-electron chi connectivity index (χ0n) is 22.2. The van der Waals surface area contributed by atoms with Crippen molar-refractivity contribution in [1.82, 2.24) is 25.2 Å². The molecule has 0 spiro atoms. The van der Waals surface area contributed by atoms with E-state index in [1.54, 1.807) is 18.5 Å². The number of pyridine rings is 1. The van der Waals surface area contributed by atoms with E-state index >= 15 is 0 Å². The zero-order chi connectivity index (χ0) is 28.3. The van der Waals surface area contributed by atoms with E-state index in [9.17, 15) is 14.7 Å². The molecule has 41 heavy (non-hydrogen) atoms. The summed E-state index contributed by atoms with van der Waals surface area (Å²) in [7, 11) is 0. The van der Waals surface area contributed by atoms with E-state index in [0.29, 0.717) is 47.6 Å². The van der Waals surface area contributed by atoms with Gasteiger partial charge >= 0.3 is 0 Å². The SMILES string of the molecule is O=C(CN1Cc2ccc(-c3nc(NC4CCOCC4)ncc3Cl)cc2C1=O)NC(CO)c1ccc2cccnc2c1. The van der Waals surface area contributed by atoms with Crippen LogP contribution in [0.2, 0.25) is 5.02 Å². The Balaban J connectivity index is 1.14. The van der Waals surface area contributed by atoms with Crippen LogP contribution >= 0.6 is 11.6 Å². The van der Waals surface area contributed by atoms with Gasteiger partial charge in [0, 0.05) is 48.5 Å². The highest BCUT2D eigenvalue weighted by molar-refractivity contribution is 6.33. The fraction of sp³-hybridized carbons (Fsp3) is 0.300. The fourth-order valence-corrected chi connectivity index (χ4v) is 5.45. The number of benzene rings is 2. The Kier molecular flexibility index (Phi) is 7.78. The van der Waals surface area contributed by atoms with Gasteiger partial charge in [-0.1, -0.05) is 41.9 Å². The number of nitrogens with one attached hydrogen (secondary N) is 2. The molecular formula is C30H29ClN6O4. The monoisotopic (exact) mass is 572 g/mol. The summed E-state index contributed by atoms with van der Waals surface area (Å²) >= 11 is 6.46. The van der Waals surface area contributed by atoms with E-state index in [1.165, 1.54) is 4.90 Å². The molecule has 4 aromatic rings. The number of ether oxygens (including phenoxy) is 1. The molecule has 2 aromatic carbocycles. The number of rotatable bonds is 8. The van der Waals surface area contributed by atoms with Gasteiger partial charge in [-0.15, -0.1) is 0 Å². The molecule has 1 unspecified atom stereocenters. The summed E-state index contributed by atoms with van der Waals surface area (Å²) in [4.78, 5) is 41.0. The van der Waals surface area contributed by atoms with Gasteiger partial charge < -0.3 is 25.4 Å². The number of aliphatic hydroxyl groups excluding tert-OH is 1. The summed E-state index contributed by atoms with van der Waals surface area (Å²) < 4.78 is 5.42. The molecule has 11 heteroatoms. The van der Waals surface area contributed by atoms with E-state index in [4.69, 9.17) is 16.3 Å². The highest BCUT2D eigenvalue weighted by Gasteiger charge is 2.30. The van der Waals surface area contributed by atoms with E-state index in [1.807, 2.05) is 42.5 Å². The standard InChI is InChI=1S/C30H29ClN6O4/c31-24-14-33-30(34-22-7-10-41-11-8-22)36-28(24)20-5-6-21-15-37(29(40)23(21)12-20)16-27(39)35-26(17-38)19-4-3-18-2-1-9-32-25(18)13-19/h1-6,9,12-14,22,26,38H,7-8,10-11,15-17H2,(H,35,39)(H,33,34,36). The second kappa shape index (κ2) is 11.8. The van der Waals surface area contributed by atoms with Gasteiger partial charge in [0.15, 0.2) is 0 Å². The minimum Gasteiger partial charge on any atom is -0.394 e. The molecule has 0 saturated carbocycles. The lowest BCUT2D eigenvalue weighted by Gasteiger charge is -2.23. The minimum atomic E-state index is -0.621. The van der Waals surface area contributed by atoms with Crippen LogP contribution in [0.5, 0.6) is 0 Å². The predicted octanol–water partition coefficient (Wildman–Crippen LogP) is 3.74. The summed E-state index contributed by atoms with van der Waals surface area (Å²) in [5, 5.41) is 17.5. The van der Waals surface area contributed by atoms with E-state index in [-0.39, 0.29) is 31.0 Å². The number of aliphatic hydroxyl groups is 1. The van der Waals surface area contributed by atoms with Crippen molar-refractivity contribution in [2.75, 3.05) is 31.7 Å². The molecular weight excluding hydrogens is 544 g/mol. The van der Waals surface area contributed by atoms with E-state index in [0.717, 1.165) is 34.9 Å². The third-order valence-corrected chi connectivity index (χ3v) is 7.72. The molecule has 2 aliphatic heterocycles. The Labute approximate surface area is 241 Å². The lowest BCUT2D eigenvalue weighted by Crippen LogP contribution is -2.40. The van der Waals surface area contributed by atoms with Gasteiger partial charge in [-0.25, -0.2) is 9.97 Å². The van der Waals surface area contributed by atoms with Crippen molar-refractivity contribution in [3.63, 3.8) is 0 Å². The van der Waals surface area contributed by atoms with Gasteiger partial charge in [-0.05, 0) is 42.2 Å². The molecule has 1 atom stereocenters. The van der Waals surface area contributed by atoms with Crippen molar-refractivity contribution < 1.29 is 19.4 Å². The number of nitrogens with zero attached hydrogens (tertiary/aromatic N) is 4. The third-order valence-electron chi connectivity index (χ3n) is 7.45. The number of carbonyl (C=O) groups is 2. The summed E-state index contributed by atoms with van der Waals surface area (Å²) in [6.45, 7) is 1.27. The second-order valence-electron chi connectivity index (χ2n) is 10.2. The number of fused-ring (bicyclic) bond motifs is 2. The van der Waals surface area contributed by atoms with Crippen LogP contribution in [0.1, 0.15) is 40.4 Å². The van der Waals surface area contributed by atoms with E-state index in [2.05, 4.69) is 25.6 Å². The van der Waals surface area contributed by atoms with Crippen LogP contribution in [0.3, 0.4) is 0 Å². The van der Waals surface area contributed by atoms with Crippen LogP contribution in [0.15, 0.2) is 60.9 Å². The van der Waals surface area contributed by atoms with Gasteiger partial charge in [-0.3, -0.25) is 14.6 Å². The molecule has 1 fully saturated rings. The Morgan fingerprint density at radius 3 is 2.83 bits per heavy atom. The molecule has 2 aromatic heterocycles. The van der Waals surface area contributed by atoms with Crippen LogP contribution in [-0.2, 0) is 16.1 Å². The van der Waals surface area contributed by atoms with Crippen LogP contribution in [-0.4, -0.2) is 69.2 Å². The number of halogens is 1. The highest BCUT2D eigenvalue weighted by atomic mass is 35.5. The normalized spacial score (nSPS) is 16.0. The number of amides is 2. The molecule has 0 aliphatic carbocycles. The number of carbonyl (C=O) groups excluding carboxylic acids is 2. The quantitative estimate of drug-likeness (QED) is 0.291. The topological polar surface area (TPSA) is 130 Å². The predicted molar refractivity (Wildman–Crippen MR) is 154 cm³/mol. The van der Waals surface area contributed by atoms with Crippen molar-refractivity contribution in [1.29, 1.82) is 0 Å². The molecule has 210 valence electrons. The summed E-state index contributed by atoms with van der Waals surface area (Å²) in [6, 6.07) is 14.5. The Bertz CT molecular complexity index is 1610. The lowest BCUT2D eigenvalue weighted by molar-refractivity contribution is -0.122. The fourth-order valence-electron chi connectivity index (χ4n) is 5.25. The van der Waals surface area contributed by atoms with Crippen LogP contribution in [0.4, 0.5) is 5.95 Å². The molecule has 0 bridgehead atoms. The maximum absolute atomic E-state index is 13.3. The van der Waals surface area contributed by atoms with Crippen molar-refractivity contribution in [2.45, 2.75) is 31.5 Å². The van der Waals surface area contributed by atoms with Crippen LogP contribution < -0.4 is 10.6 Å². The maximum atomic E-state index is 13.3. The molecule has 10 nitrogen and oxygen atoms in total. The molecule has 3 N–H and O–H groups in total. The van der Waals surface area contributed by atoms with E-state index < -0.39 is 6.04 Å². The highest BCUT2D eigenvalue weighted by Crippen LogP contribution is 2.32. The van der Waals surface area contributed by atoms with Gasteiger partial charge in [0.05, 0.1) is 35.1 Å². The Hall–Kier alpha value is -4.12. The first-order chi connectivity index (χ1) is 20.0. The van der Waals surface area contributed by atoms with Crippen LogP contribution in [0, 0.1) is 0 Å². The second-order valence-corrected chi connectivity index (χ2v) is 10.6.